The van der Waals surface area contributed by atoms with Crippen LogP contribution in [-0.4, -0.2) is 230 Å². The van der Waals surface area contributed by atoms with Crippen LogP contribution in [0.4, 0.5) is 26.3 Å². The molecule has 5 aliphatic heterocycles. The van der Waals surface area contributed by atoms with Gasteiger partial charge in [0.1, 0.15) is 50.4 Å². The highest BCUT2D eigenvalue weighted by molar-refractivity contribution is 7.90. The van der Waals surface area contributed by atoms with Crippen LogP contribution in [0.5, 0.6) is 5.75 Å². The minimum atomic E-state index is -4.03. The molecule has 10 aromatic carbocycles. The number of carbonyl (C=O) groups is 5. The molecule has 0 aliphatic carbocycles. The molecule has 15 rings (SSSR count). The van der Waals surface area contributed by atoms with E-state index in [1.54, 1.807) is 146 Å². The topological polar surface area (TPSA) is 472 Å². The van der Waals surface area contributed by atoms with Crippen LogP contribution in [0.25, 0.3) is 0 Å². The Balaban J connectivity index is 0.000000178. The average Bonchev–Trinajstić information content (AvgIpc) is 1.27. The first kappa shape index (κ1) is 119. The van der Waals surface area contributed by atoms with Crippen LogP contribution in [-0.2, 0) is 106 Å². The second-order valence-corrected chi connectivity index (χ2v) is 47.3. The Kier molecular flexibility index (Phi) is 45.1. The summed E-state index contributed by atoms with van der Waals surface area (Å²) in [4.78, 5) is 71.5. The summed E-state index contributed by atoms with van der Waals surface area (Å²) in [6.07, 6.45) is 7.49. The minimum absolute atomic E-state index is 0.00897. The highest BCUT2D eigenvalue weighted by atomic mass is 35.5. The number of ether oxygens (including phenoxy) is 1. The van der Waals surface area contributed by atoms with Crippen molar-refractivity contribution in [2.45, 2.75) is 194 Å². The summed E-state index contributed by atoms with van der Waals surface area (Å²) in [5.74, 6) is -2.65. The Labute approximate surface area is 887 Å². The number of nitrogens with two attached hydrogens (primary N) is 5. The number of hydrogen-bond donors (Lipinski definition) is 10. The molecule has 5 fully saturated rings. The number of methoxy groups -OCH3 is 1. The van der Waals surface area contributed by atoms with Crippen LogP contribution in [0, 0.1) is 40.8 Å². The third-order valence-corrected chi connectivity index (χ3v) is 34.1. The fourth-order valence-corrected chi connectivity index (χ4v) is 24.4. The Morgan fingerprint density at radius 2 is 0.587 bits per heavy atom. The van der Waals surface area contributed by atoms with E-state index in [0.29, 0.717) is 110 Å². The van der Waals surface area contributed by atoms with Crippen molar-refractivity contribution in [2.75, 3.05) is 79.1 Å². The molecule has 31 nitrogen and oxygen atoms in total. The van der Waals surface area contributed by atoms with Crippen LogP contribution in [0.2, 0.25) is 15.1 Å². The highest BCUT2D eigenvalue weighted by Crippen LogP contribution is 2.31. The number of sulfonamides is 5. The van der Waals surface area contributed by atoms with E-state index in [4.69, 9.17) is 68.2 Å². The van der Waals surface area contributed by atoms with Gasteiger partial charge in [-0.3, -0.25) is 24.0 Å². The van der Waals surface area contributed by atoms with Crippen molar-refractivity contribution in [1.29, 1.82) is 0 Å². The number of likely N-dealkylation sites (tertiary alicyclic amines) is 5. The van der Waals surface area contributed by atoms with Crippen molar-refractivity contribution < 1.29 is 97.1 Å². The maximum atomic E-state index is 13.8. The monoisotopic (exact) mass is 2230 g/mol. The molecule has 5 amide bonds. The molecule has 0 bridgehead atoms. The number of carbonyl (C=O) groups excluding carboxylic acids is 5. The lowest BCUT2D eigenvalue weighted by molar-refractivity contribution is -0.138. The van der Waals surface area contributed by atoms with Crippen molar-refractivity contribution in [3.63, 3.8) is 0 Å². The number of rotatable bonds is 41. The van der Waals surface area contributed by atoms with Gasteiger partial charge in [-0.2, -0.15) is 0 Å². The molecule has 9 atom stereocenters. The van der Waals surface area contributed by atoms with Gasteiger partial charge >= 0.3 is 0 Å². The van der Waals surface area contributed by atoms with Crippen molar-refractivity contribution in [3.05, 3.63) is 320 Å². The number of benzene rings is 10. The molecular formula is C105H126Cl3F6N15O16S5. The largest absolute Gasteiger partial charge is 0.497 e. The van der Waals surface area contributed by atoms with Crippen LogP contribution in [0.15, 0.2) is 267 Å². The lowest BCUT2D eigenvalue weighted by Crippen LogP contribution is -2.54. The third kappa shape index (κ3) is 35.9. The molecule has 5 saturated heterocycles. The quantitative estimate of drug-likeness (QED) is 0.0159. The minimum Gasteiger partial charge on any atom is -0.497 e. The first-order valence-electron chi connectivity index (χ1n) is 48.9. The van der Waals surface area contributed by atoms with Crippen LogP contribution >= 0.6 is 34.8 Å². The molecule has 810 valence electrons. The molecule has 45 heteroatoms. The van der Waals surface area contributed by atoms with E-state index in [-0.39, 0.29) is 209 Å². The van der Waals surface area contributed by atoms with E-state index in [1.165, 1.54) is 122 Å². The van der Waals surface area contributed by atoms with Crippen LogP contribution in [0.1, 0.15) is 111 Å². The van der Waals surface area contributed by atoms with E-state index in [1.807, 2.05) is 0 Å². The molecule has 150 heavy (non-hydrogen) atoms. The van der Waals surface area contributed by atoms with Gasteiger partial charge in [0.15, 0.2) is 0 Å². The highest BCUT2D eigenvalue weighted by Gasteiger charge is 2.38. The standard InChI is InChI=1S/C22H28FN3O4S.C21H24Cl2FN3O3S.C21H25ClFN3O3S.C21H25F2N3O3S.C20H24FN3O3S/c1-30-19-8-10-20(11-9-19)31(28,29)25-15-18-6-4-12-26(18)22(27)14-17(24)13-16-5-2-3-7-21(16)23;22-15-7-8-18(23)20(11-15)31(29,30)26-13-17-5-3-9-27(17)21(28)12-16(25)10-14-4-1-2-6-19(14)24;22-16-7-9-19(10-8-16)30(28,29)25-14-18-5-3-11-26(18)21(27)13-17(24)12-15-4-1-2-6-20(15)23;22-18-8-2-1-6-15(18)12-16(24)13-21(27)26-11-5-7-17(26)14-25-30(28,29)20-10-4-3-9-19(20)23;21-19-9-5-4-6-16(19)10-17(22)11-20(25)24-13-15(14-24)12-23-28(26,27)18-7-2-1-3-8-18/h2-3,5,7-11,17-18,25H,4,6,12-15,24H2,1H3;1-2,4,6-8,11,16-17,26H,3,5,9-10,12-13,25H2;1-2,4,6-10,17-18,25H,3,5,11-14,24H2;1-4,6,8-10,16-17,25H,5,7,11-14,24H2;1-9,15,17,23H,10-14,22H2/t17-,18+;16-,17+;17-,18+;16-,17+;17-/m11111/s1. The van der Waals surface area contributed by atoms with E-state index >= 15 is 0 Å². The SMILES string of the molecule is COc1ccc(S(=O)(=O)NC[C@@H]2CCCN2C(=O)C[C@H](N)Cc2ccccc2F)cc1.N[C@@H](CC(=O)N1CC(CNS(=O)(=O)c2ccccc2)C1)Cc1ccccc1F.N[C@@H](CC(=O)N1CCC[C@H]1CNS(=O)(=O)c1cc(Cl)ccc1Cl)Cc1ccccc1F.N[C@@H](CC(=O)N1CCC[C@H]1CNS(=O)(=O)c1ccc(Cl)cc1)Cc1ccccc1F.N[C@@H](CC(=O)N1CCC[C@H]1CNS(=O)(=O)c1ccccc1F)Cc1ccccc1F. The summed E-state index contributed by atoms with van der Waals surface area (Å²) in [5, 5.41) is 0.773. The van der Waals surface area contributed by atoms with Gasteiger partial charge in [-0.25, -0.2) is 92.0 Å². The maximum absolute atomic E-state index is 13.8. The summed E-state index contributed by atoms with van der Waals surface area (Å²) >= 11 is 17.7. The molecular weight excluding hydrogens is 2110 g/mol. The zero-order valence-corrected chi connectivity index (χ0v) is 88.8. The van der Waals surface area contributed by atoms with Gasteiger partial charge < -0.3 is 57.9 Å². The summed E-state index contributed by atoms with van der Waals surface area (Å²) in [6, 6.07) is 57.6. The molecule has 0 aromatic heterocycles. The fourth-order valence-electron chi connectivity index (χ4n) is 18.0. The van der Waals surface area contributed by atoms with Gasteiger partial charge in [-0.1, -0.05) is 156 Å². The molecule has 0 radical (unpaired) electrons. The molecule has 5 aliphatic rings. The fraction of sp³-hybridized carbons (Fsp3) is 0.381. The average molecular weight is 2230 g/mol. The second-order valence-electron chi connectivity index (χ2n) is 37.2. The van der Waals surface area contributed by atoms with E-state index in [2.05, 4.69) is 23.6 Å². The molecule has 0 unspecified atom stereocenters. The van der Waals surface area contributed by atoms with E-state index < -0.39 is 91.0 Å². The van der Waals surface area contributed by atoms with Gasteiger partial charge in [0.2, 0.25) is 79.7 Å². The number of amides is 5. The van der Waals surface area contributed by atoms with E-state index in [9.17, 15) is 92.4 Å². The van der Waals surface area contributed by atoms with E-state index in [0.717, 1.165) is 31.7 Å². The summed E-state index contributed by atoms with van der Waals surface area (Å²) < 4.78 is 225. The summed E-state index contributed by atoms with van der Waals surface area (Å²) in [7, 11) is -17.3. The maximum Gasteiger partial charge on any atom is 0.243 e. The number of nitrogens with zero attached hydrogens (tertiary/aromatic N) is 5. The molecule has 5 heterocycles. The Morgan fingerprint density at radius 3 is 0.907 bits per heavy atom. The zero-order valence-electron chi connectivity index (χ0n) is 82.5. The molecule has 10 aromatic rings. The van der Waals surface area contributed by atoms with Crippen molar-refractivity contribution in [3.8, 4) is 5.75 Å². The first-order chi connectivity index (χ1) is 71.3. The van der Waals surface area contributed by atoms with Gasteiger partial charge in [0, 0.05) is 174 Å². The molecule has 0 saturated carbocycles. The van der Waals surface area contributed by atoms with Crippen LogP contribution in [0.3, 0.4) is 0 Å². The van der Waals surface area contributed by atoms with Crippen molar-refractivity contribution in [1.82, 2.24) is 48.1 Å². The summed E-state index contributed by atoms with van der Waals surface area (Å²) in [5.41, 5.74) is 32.7. The smallest absolute Gasteiger partial charge is 0.243 e. The predicted octanol–water partition coefficient (Wildman–Crippen LogP) is 11.9. The van der Waals surface area contributed by atoms with Gasteiger partial charge in [-0.05, 0) is 233 Å². The number of hydrogen-bond acceptors (Lipinski definition) is 21. The normalized spacial score (nSPS) is 17.4. The molecule has 0 spiro atoms. The van der Waals surface area contributed by atoms with Gasteiger partial charge in [-0.15, -0.1) is 0 Å². The Bertz CT molecular complexity index is 6820. The number of halogens is 9. The second kappa shape index (κ2) is 56.7. The van der Waals surface area contributed by atoms with Crippen molar-refractivity contribution >= 4 is 114 Å². The van der Waals surface area contributed by atoms with Gasteiger partial charge in [0.05, 0.1) is 26.8 Å². The van der Waals surface area contributed by atoms with Crippen LogP contribution < -0.4 is 57.0 Å². The predicted molar refractivity (Wildman–Crippen MR) is 562 cm³/mol. The Morgan fingerprint density at radius 1 is 0.320 bits per heavy atom. The van der Waals surface area contributed by atoms with Crippen molar-refractivity contribution in [2.24, 2.45) is 34.6 Å². The summed E-state index contributed by atoms with van der Waals surface area (Å²) in [6.45, 7) is 3.69. The first-order valence-corrected chi connectivity index (χ1v) is 57.4. The van der Waals surface area contributed by atoms with Gasteiger partial charge in [0.25, 0.3) is 0 Å². The number of nitrogens with one attached hydrogen (secondary N) is 5. The third-order valence-electron chi connectivity index (χ3n) is 25.9. The lowest BCUT2D eigenvalue weighted by Gasteiger charge is -2.39. The Hall–Kier alpha value is -10.9. The lowest BCUT2D eigenvalue weighted by atomic mass is 9.98. The zero-order chi connectivity index (χ0) is 109. The molecule has 15 N–H and O–H groups in total.